The number of aliphatic hydroxyl groups excluding tert-OH is 1. The van der Waals surface area contributed by atoms with Gasteiger partial charge in [0.2, 0.25) is 0 Å². The summed E-state index contributed by atoms with van der Waals surface area (Å²) < 4.78 is 18.6. The number of carbonyl (C=O) groups excluding carboxylic acids is 1. The van der Waals surface area contributed by atoms with Gasteiger partial charge in [0.15, 0.2) is 6.10 Å². The average Bonchev–Trinajstić information content (AvgIpc) is 2.70. The molecule has 0 spiro atoms. The van der Waals surface area contributed by atoms with Crippen LogP contribution in [0.4, 0.5) is 4.39 Å². The van der Waals surface area contributed by atoms with Crippen molar-refractivity contribution >= 4 is 5.97 Å². The van der Waals surface area contributed by atoms with Crippen LogP contribution in [0.2, 0.25) is 0 Å². The van der Waals surface area contributed by atoms with Gasteiger partial charge in [0.05, 0.1) is 0 Å². The van der Waals surface area contributed by atoms with Crippen molar-refractivity contribution in [1.29, 1.82) is 0 Å². The molecule has 4 nitrogen and oxygen atoms in total. The first-order chi connectivity index (χ1) is 10.5. The number of nitrogens with zero attached hydrogens (tertiary/aromatic N) is 1. The molecule has 2 saturated heterocycles. The van der Waals surface area contributed by atoms with Gasteiger partial charge in [0, 0.05) is 18.5 Å². The Morgan fingerprint density at radius 3 is 2.73 bits per heavy atom. The van der Waals surface area contributed by atoms with E-state index in [0.717, 1.165) is 25.7 Å². The van der Waals surface area contributed by atoms with Gasteiger partial charge in [-0.3, -0.25) is 0 Å². The molecule has 4 atom stereocenters. The first kappa shape index (κ1) is 15.4. The summed E-state index contributed by atoms with van der Waals surface area (Å²) in [7, 11) is 2.12. The van der Waals surface area contributed by atoms with Crippen LogP contribution in [0, 0.1) is 5.82 Å². The highest BCUT2D eigenvalue weighted by Crippen LogP contribution is 2.35. The monoisotopic (exact) mass is 307 g/mol. The van der Waals surface area contributed by atoms with Gasteiger partial charge in [-0.05, 0) is 50.4 Å². The zero-order chi connectivity index (χ0) is 15.7. The van der Waals surface area contributed by atoms with Gasteiger partial charge in [-0.15, -0.1) is 0 Å². The second-order valence-corrected chi connectivity index (χ2v) is 6.43. The molecule has 22 heavy (non-hydrogen) atoms. The number of halogens is 1. The number of hydrogen-bond donors (Lipinski definition) is 1. The van der Waals surface area contributed by atoms with Gasteiger partial charge in [-0.2, -0.15) is 0 Å². The van der Waals surface area contributed by atoms with E-state index in [0.29, 0.717) is 17.6 Å². The van der Waals surface area contributed by atoms with E-state index in [9.17, 15) is 14.3 Å². The molecule has 0 saturated carbocycles. The fraction of sp³-hybridized carbons (Fsp3) is 0.588. The number of hydrogen-bond acceptors (Lipinski definition) is 4. The van der Waals surface area contributed by atoms with E-state index in [1.165, 1.54) is 12.1 Å². The van der Waals surface area contributed by atoms with Crippen LogP contribution in [0.25, 0.3) is 0 Å². The number of rotatable bonds is 4. The predicted octanol–water partition coefficient (Wildman–Crippen LogP) is 1.90. The maximum absolute atomic E-state index is 13.1. The quantitative estimate of drug-likeness (QED) is 0.863. The lowest BCUT2D eigenvalue weighted by molar-refractivity contribution is -0.162. The molecule has 2 heterocycles. The maximum atomic E-state index is 13.1. The van der Waals surface area contributed by atoms with Crippen molar-refractivity contribution < 1.29 is 19.0 Å². The lowest BCUT2D eigenvalue weighted by Crippen LogP contribution is -2.44. The van der Waals surface area contributed by atoms with Crippen LogP contribution < -0.4 is 0 Å². The molecule has 2 unspecified atom stereocenters. The highest BCUT2D eigenvalue weighted by molar-refractivity contribution is 5.75. The number of aliphatic hydroxyl groups is 1. The first-order valence-electron chi connectivity index (χ1n) is 7.88. The van der Waals surface area contributed by atoms with Crippen molar-refractivity contribution in [3.05, 3.63) is 35.6 Å². The molecular formula is C17H22FNO3. The van der Waals surface area contributed by atoms with Crippen LogP contribution in [0.5, 0.6) is 0 Å². The molecule has 2 aliphatic heterocycles. The maximum Gasteiger partial charge on any atom is 0.335 e. The van der Waals surface area contributed by atoms with Crippen LogP contribution >= 0.6 is 0 Å². The molecule has 1 N–H and O–H groups in total. The summed E-state index contributed by atoms with van der Waals surface area (Å²) in [6.45, 7) is 0. The average molecular weight is 307 g/mol. The van der Waals surface area contributed by atoms with Crippen molar-refractivity contribution in [1.82, 2.24) is 4.90 Å². The van der Waals surface area contributed by atoms with Gasteiger partial charge in [0.25, 0.3) is 0 Å². The number of carbonyl (C=O) groups is 1. The van der Waals surface area contributed by atoms with E-state index in [2.05, 4.69) is 11.9 Å². The Labute approximate surface area is 129 Å². The summed E-state index contributed by atoms with van der Waals surface area (Å²) in [5, 5.41) is 9.98. The Balaban J connectivity index is 1.53. The van der Waals surface area contributed by atoms with E-state index in [4.69, 9.17) is 4.74 Å². The number of ether oxygens (including phenoxy) is 1. The van der Waals surface area contributed by atoms with Crippen LogP contribution in [-0.2, 0) is 16.0 Å². The summed E-state index contributed by atoms with van der Waals surface area (Å²) in [4.78, 5) is 14.4. The Kier molecular flexibility index (Phi) is 4.45. The third kappa shape index (κ3) is 3.31. The summed E-state index contributed by atoms with van der Waals surface area (Å²) in [5.41, 5.74) is 0.591. The molecule has 1 aromatic carbocycles. The molecule has 120 valence electrons. The van der Waals surface area contributed by atoms with Crippen LogP contribution in [0.1, 0.15) is 31.2 Å². The number of fused-ring (bicyclic) bond motifs is 2. The second kappa shape index (κ2) is 6.34. The van der Waals surface area contributed by atoms with Crippen LogP contribution in [-0.4, -0.2) is 47.3 Å². The zero-order valence-corrected chi connectivity index (χ0v) is 12.7. The molecule has 0 amide bonds. The third-order valence-corrected chi connectivity index (χ3v) is 4.93. The zero-order valence-electron chi connectivity index (χ0n) is 12.7. The van der Waals surface area contributed by atoms with Gasteiger partial charge >= 0.3 is 5.97 Å². The minimum absolute atomic E-state index is 0.0794. The van der Waals surface area contributed by atoms with Gasteiger partial charge in [-0.25, -0.2) is 9.18 Å². The van der Waals surface area contributed by atoms with Crippen molar-refractivity contribution in [3.8, 4) is 0 Å². The topological polar surface area (TPSA) is 49.8 Å². The van der Waals surface area contributed by atoms with Crippen molar-refractivity contribution in [2.24, 2.45) is 0 Å². The standard InChI is InChI=1S/C17H22FNO3/c1-19-13-5-6-14(19)10-15(9-13)22-17(21)16(20)8-11-3-2-4-12(18)7-11/h2-4,7,13-16,20H,5-6,8-10H2,1H3/t13-,14+,15?,16?. The molecule has 1 aromatic rings. The van der Waals surface area contributed by atoms with E-state index in [-0.39, 0.29) is 18.3 Å². The summed E-state index contributed by atoms with van der Waals surface area (Å²) >= 11 is 0. The molecule has 2 bridgehead atoms. The molecule has 5 heteroatoms. The van der Waals surface area contributed by atoms with Crippen LogP contribution in [0.3, 0.4) is 0 Å². The molecule has 0 aliphatic carbocycles. The number of piperidine rings is 1. The van der Waals surface area contributed by atoms with Crippen molar-refractivity contribution in [3.63, 3.8) is 0 Å². The highest BCUT2D eigenvalue weighted by atomic mass is 19.1. The molecule has 0 aromatic heterocycles. The number of benzene rings is 1. The number of esters is 1. The minimum atomic E-state index is -1.24. The Morgan fingerprint density at radius 2 is 2.09 bits per heavy atom. The Hall–Kier alpha value is -1.46. The summed E-state index contributed by atoms with van der Waals surface area (Å²) in [5.74, 6) is -0.969. The molecular weight excluding hydrogens is 285 g/mol. The van der Waals surface area contributed by atoms with Gasteiger partial charge in [-0.1, -0.05) is 12.1 Å². The highest BCUT2D eigenvalue weighted by Gasteiger charge is 2.40. The van der Waals surface area contributed by atoms with Crippen molar-refractivity contribution in [2.45, 2.75) is 56.4 Å². The predicted molar refractivity (Wildman–Crippen MR) is 79.8 cm³/mol. The Bertz CT molecular complexity index is 536. The molecule has 0 radical (unpaired) electrons. The van der Waals surface area contributed by atoms with Crippen LogP contribution in [0.15, 0.2) is 24.3 Å². The third-order valence-electron chi connectivity index (χ3n) is 4.93. The summed E-state index contributed by atoms with van der Waals surface area (Å²) in [6.07, 6.45) is 2.72. The second-order valence-electron chi connectivity index (χ2n) is 6.43. The van der Waals surface area contributed by atoms with E-state index >= 15 is 0 Å². The Morgan fingerprint density at radius 1 is 1.41 bits per heavy atom. The lowest BCUT2D eigenvalue weighted by Gasteiger charge is -2.36. The molecule has 2 aliphatic rings. The first-order valence-corrected chi connectivity index (χ1v) is 7.88. The van der Waals surface area contributed by atoms with Crippen molar-refractivity contribution in [2.75, 3.05) is 7.05 Å². The normalized spacial score (nSPS) is 29.3. The molecule has 2 fully saturated rings. The minimum Gasteiger partial charge on any atom is -0.460 e. The van der Waals surface area contributed by atoms with E-state index < -0.39 is 12.1 Å². The fourth-order valence-electron chi connectivity index (χ4n) is 3.67. The largest absolute Gasteiger partial charge is 0.460 e. The van der Waals surface area contributed by atoms with Gasteiger partial charge < -0.3 is 14.7 Å². The smallest absolute Gasteiger partial charge is 0.335 e. The SMILES string of the molecule is CN1[C@@H]2CC[C@H]1CC(OC(=O)C(O)Cc1cccc(F)c1)C2. The summed E-state index contributed by atoms with van der Waals surface area (Å²) in [6, 6.07) is 6.88. The fourth-order valence-corrected chi connectivity index (χ4v) is 3.67. The van der Waals surface area contributed by atoms with E-state index in [1.807, 2.05) is 0 Å². The van der Waals surface area contributed by atoms with E-state index in [1.54, 1.807) is 12.1 Å². The van der Waals surface area contributed by atoms with Gasteiger partial charge in [0.1, 0.15) is 11.9 Å². The molecule has 3 rings (SSSR count). The lowest BCUT2D eigenvalue weighted by atomic mass is 10.0.